The average molecular weight is 749 g/mol. The van der Waals surface area contributed by atoms with Crippen molar-refractivity contribution in [3.63, 3.8) is 0 Å². The summed E-state index contributed by atoms with van der Waals surface area (Å²) >= 11 is 1.37. The van der Waals surface area contributed by atoms with Gasteiger partial charge in [0.15, 0.2) is 5.69 Å². The van der Waals surface area contributed by atoms with Crippen molar-refractivity contribution in [2.24, 2.45) is 11.7 Å². The maximum atomic E-state index is 14.2. The van der Waals surface area contributed by atoms with Crippen LogP contribution in [0.1, 0.15) is 57.4 Å². The lowest BCUT2D eigenvalue weighted by Gasteiger charge is -2.43. The van der Waals surface area contributed by atoms with E-state index in [9.17, 15) is 19.5 Å². The van der Waals surface area contributed by atoms with Crippen LogP contribution < -0.4 is 21.8 Å². The monoisotopic (exact) mass is 748 g/mol. The molecule has 14 heteroatoms. The van der Waals surface area contributed by atoms with Gasteiger partial charge in [-0.1, -0.05) is 42.5 Å². The van der Waals surface area contributed by atoms with Gasteiger partial charge in [-0.3, -0.25) is 23.9 Å². The molecule has 2 fully saturated rings. The van der Waals surface area contributed by atoms with Crippen molar-refractivity contribution in [2.45, 2.75) is 57.7 Å². The number of pyridine rings is 1. The highest BCUT2D eigenvalue weighted by Gasteiger charge is 2.42. The quantitative estimate of drug-likeness (QED) is 0.194. The van der Waals surface area contributed by atoms with Crippen LogP contribution in [0.15, 0.2) is 84.0 Å². The Morgan fingerprint density at radius 1 is 0.981 bits per heavy atom. The SMILES string of the molecule is Cc1ccc(-c2nc(C)c(C(=O)N3CC[C@@H](C(=O)N4CCC(O)(Cn5cnc(Oc6ccc(CN)cc6)c(N)c5=O)CC4)[C@H](c4ccccc4)C3)s2)cn1. The zero-order valence-electron chi connectivity index (χ0n) is 30.4. The maximum absolute atomic E-state index is 14.2. The zero-order valence-corrected chi connectivity index (χ0v) is 31.2. The number of likely N-dealkylation sites (tertiary alicyclic amines) is 2. The Labute approximate surface area is 317 Å². The molecule has 54 heavy (non-hydrogen) atoms. The minimum absolute atomic E-state index is 0.00482. The van der Waals surface area contributed by atoms with Gasteiger partial charge < -0.3 is 31.1 Å². The molecule has 0 radical (unpaired) electrons. The fraction of sp³-hybridized carbons (Fsp3) is 0.350. The van der Waals surface area contributed by atoms with Crippen molar-refractivity contribution in [1.29, 1.82) is 0 Å². The number of rotatable bonds is 9. The van der Waals surface area contributed by atoms with Gasteiger partial charge in [0.2, 0.25) is 11.8 Å². The number of carbonyl (C=O) groups is 2. The lowest BCUT2D eigenvalue weighted by molar-refractivity contribution is -0.142. The second-order valence-electron chi connectivity index (χ2n) is 14.2. The van der Waals surface area contributed by atoms with Gasteiger partial charge in [-0.25, -0.2) is 9.97 Å². The first-order valence-electron chi connectivity index (χ1n) is 18.1. The minimum atomic E-state index is -1.25. The fourth-order valence-electron chi connectivity index (χ4n) is 7.27. The number of ether oxygens (including phenoxy) is 1. The number of nitrogen functional groups attached to an aromatic ring is 1. The lowest BCUT2D eigenvalue weighted by atomic mass is 9.79. The third-order valence-electron chi connectivity index (χ3n) is 10.5. The van der Waals surface area contributed by atoms with Crippen LogP contribution in [0.2, 0.25) is 0 Å². The number of aliphatic hydroxyl groups is 1. The number of nitrogens with zero attached hydrogens (tertiary/aromatic N) is 6. The molecule has 2 amide bonds. The van der Waals surface area contributed by atoms with E-state index in [-0.39, 0.29) is 54.6 Å². The first-order valence-corrected chi connectivity index (χ1v) is 18.9. The Balaban J connectivity index is 1.01. The summed E-state index contributed by atoms with van der Waals surface area (Å²) in [6.07, 6.45) is 4.15. The van der Waals surface area contributed by atoms with Crippen LogP contribution in [0.3, 0.4) is 0 Å². The second kappa shape index (κ2) is 15.5. The van der Waals surface area contributed by atoms with E-state index in [0.29, 0.717) is 55.5 Å². The number of piperidine rings is 2. The van der Waals surface area contributed by atoms with E-state index >= 15 is 0 Å². The maximum Gasteiger partial charge on any atom is 0.280 e. The summed E-state index contributed by atoms with van der Waals surface area (Å²) in [5.41, 5.74) is 14.3. The number of hydrogen-bond acceptors (Lipinski definition) is 11. The van der Waals surface area contributed by atoms with Crippen LogP contribution in [0.4, 0.5) is 5.69 Å². The van der Waals surface area contributed by atoms with Crippen LogP contribution in [0.25, 0.3) is 10.6 Å². The van der Waals surface area contributed by atoms with E-state index in [1.807, 2.05) is 78.2 Å². The molecule has 2 atom stereocenters. The van der Waals surface area contributed by atoms with Gasteiger partial charge in [0.1, 0.15) is 22.0 Å². The highest BCUT2D eigenvalue weighted by atomic mass is 32.1. The number of amides is 2. The van der Waals surface area contributed by atoms with Crippen molar-refractivity contribution in [3.05, 3.63) is 117 Å². The smallest absolute Gasteiger partial charge is 0.280 e. The Kier molecular flexibility index (Phi) is 10.6. The first-order chi connectivity index (χ1) is 26.0. The van der Waals surface area contributed by atoms with Crippen LogP contribution in [-0.2, 0) is 17.9 Å². The van der Waals surface area contributed by atoms with Crippen molar-refractivity contribution >= 4 is 28.8 Å². The number of benzene rings is 2. The topological polar surface area (TPSA) is 183 Å². The van der Waals surface area contributed by atoms with E-state index in [2.05, 4.69) is 9.97 Å². The van der Waals surface area contributed by atoms with Gasteiger partial charge in [0.25, 0.3) is 11.5 Å². The molecule has 0 aliphatic carbocycles. The third kappa shape index (κ3) is 7.77. The summed E-state index contributed by atoms with van der Waals surface area (Å²) < 4.78 is 7.04. The van der Waals surface area contributed by atoms with Crippen LogP contribution in [0.5, 0.6) is 11.6 Å². The molecule has 0 spiro atoms. The number of aryl methyl sites for hydroxylation is 2. The van der Waals surface area contributed by atoms with Crippen LogP contribution in [0, 0.1) is 19.8 Å². The summed E-state index contributed by atoms with van der Waals surface area (Å²) in [5.74, 6) is -0.186. The number of anilines is 1. The lowest BCUT2D eigenvalue weighted by Crippen LogP contribution is -2.53. The molecule has 5 aromatic rings. The Morgan fingerprint density at radius 3 is 2.41 bits per heavy atom. The predicted octanol–water partition coefficient (Wildman–Crippen LogP) is 4.51. The van der Waals surface area contributed by atoms with Crippen molar-refractivity contribution in [3.8, 4) is 22.2 Å². The number of carbonyl (C=O) groups excluding carboxylic acids is 2. The van der Waals surface area contributed by atoms with Gasteiger partial charge in [0, 0.05) is 62.0 Å². The molecular formula is C40H44N8O5S. The molecule has 3 aromatic heterocycles. The van der Waals surface area contributed by atoms with Crippen LogP contribution >= 0.6 is 11.3 Å². The molecule has 2 saturated heterocycles. The highest BCUT2D eigenvalue weighted by Crippen LogP contribution is 2.37. The molecule has 0 saturated carbocycles. The highest BCUT2D eigenvalue weighted by molar-refractivity contribution is 7.17. The molecule has 13 nitrogen and oxygen atoms in total. The van der Waals surface area contributed by atoms with E-state index in [4.69, 9.17) is 21.2 Å². The molecule has 2 aliphatic heterocycles. The zero-order chi connectivity index (χ0) is 38.0. The standard InChI is InChI=1S/C40H44N8O5S/c1-25-8-11-29(21-43-25)36-45-26(2)34(54-36)39(51)47-17-14-31(32(22-47)28-6-4-3-5-7-28)37(49)46-18-15-40(52,16-19-46)23-48-24-44-35(33(42)38(48)50)53-30-12-9-27(20-41)10-13-30/h3-13,21,24,31-32,52H,14-20,22-23,41-42H2,1-2H3/t31-,32+/m1/s1. The van der Waals surface area contributed by atoms with Gasteiger partial charge >= 0.3 is 0 Å². The average Bonchev–Trinajstić information content (AvgIpc) is 3.59. The van der Waals surface area contributed by atoms with Gasteiger partial charge in [-0.2, -0.15) is 0 Å². The molecule has 5 heterocycles. The fourth-order valence-corrected chi connectivity index (χ4v) is 8.29. The molecule has 7 rings (SSSR count). The van der Waals surface area contributed by atoms with E-state index in [1.165, 1.54) is 22.2 Å². The normalized spacial score (nSPS) is 18.4. The van der Waals surface area contributed by atoms with Crippen LogP contribution in [-0.4, -0.2) is 78.0 Å². The largest absolute Gasteiger partial charge is 0.437 e. The Hall–Kier alpha value is -5.44. The van der Waals surface area contributed by atoms with Crippen molar-refractivity contribution in [1.82, 2.24) is 29.3 Å². The van der Waals surface area contributed by atoms with E-state index in [1.54, 1.807) is 18.3 Å². The summed E-state index contributed by atoms with van der Waals surface area (Å²) in [4.78, 5) is 59.0. The summed E-state index contributed by atoms with van der Waals surface area (Å²) in [6, 6.07) is 20.8. The third-order valence-corrected chi connectivity index (χ3v) is 11.7. The van der Waals surface area contributed by atoms with Gasteiger partial charge in [-0.15, -0.1) is 11.3 Å². The Bertz CT molecular complexity index is 2180. The summed E-state index contributed by atoms with van der Waals surface area (Å²) in [5, 5.41) is 12.3. The minimum Gasteiger partial charge on any atom is -0.437 e. The summed E-state index contributed by atoms with van der Waals surface area (Å²) in [6.45, 7) is 5.63. The molecule has 280 valence electrons. The van der Waals surface area contributed by atoms with E-state index in [0.717, 1.165) is 27.4 Å². The van der Waals surface area contributed by atoms with E-state index < -0.39 is 11.2 Å². The van der Waals surface area contributed by atoms with Gasteiger partial charge in [-0.05, 0) is 68.5 Å². The number of hydrogen-bond donors (Lipinski definition) is 3. The molecule has 2 aromatic carbocycles. The molecular weight excluding hydrogens is 705 g/mol. The number of thiazole rings is 1. The Morgan fingerprint density at radius 2 is 1.72 bits per heavy atom. The predicted molar refractivity (Wildman–Crippen MR) is 206 cm³/mol. The second-order valence-corrected chi connectivity index (χ2v) is 15.2. The summed E-state index contributed by atoms with van der Waals surface area (Å²) in [7, 11) is 0. The molecule has 0 bridgehead atoms. The van der Waals surface area contributed by atoms with Crippen molar-refractivity contribution < 1.29 is 19.4 Å². The number of nitrogens with two attached hydrogens (primary N) is 2. The molecule has 2 aliphatic rings. The van der Waals surface area contributed by atoms with Crippen molar-refractivity contribution in [2.75, 3.05) is 31.9 Å². The molecule has 5 N–H and O–H groups in total. The van der Waals surface area contributed by atoms with Gasteiger partial charge in [0.05, 0.1) is 17.8 Å². The number of aromatic nitrogens is 4. The molecule has 0 unspecified atom stereocenters. The first kappa shape index (κ1) is 36.9.